The molecule has 0 saturated carbocycles. The van der Waals surface area contributed by atoms with Crippen LogP contribution >= 0.6 is 23.2 Å². The van der Waals surface area contributed by atoms with Crippen LogP contribution in [0.4, 0.5) is 10.1 Å². The number of alkyl halides is 1. The minimum Gasteiger partial charge on any atom is -0.480 e. The first-order valence-electron chi connectivity index (χ1n) is 12.9. The summed E-state index contributed by atoms with van der Waals surface area (Å²) in [6.45, 7) is -0.795. The number of amides is 3. The highest BCUT2D eigenvalue weighted by Gasteiger charge is 2.25. The number of nitrogens with one attached hydrogen (secondary N) is 5. The van der Waals surface area contributed by atoms with Crippen molar-refractivity contribution < 1.29 is 28.7 Å². The Balaban J connectivity index is 1.29. The van der Waals surface area contributed by atoms with Crippen LogP contribution in [0.3, 0.4) is 0 Å². The average molecular weight is 630 g/mol. The number of hydrogen-bond acceptors (Lipinski definition) is 8. The quantitative estimate of drug-likeness (QED) is 0.198. The van der Waals surface area contributed by atoms with Crippen molar-refractivity contribution in [2.75, 3.05) is 31.5 Å². The number of carbonyl (C=O) groups excluding carboxylic acids is 3. The van der Waals surface area contributed by atoms with Crippen LogP contribution in [0.2, 0.25) is 10.0 Å². The normalized spacial score (nSPS) is 14.9. The summed E-state index contributed by atoms with van der Waals surface area (Å²) in [7, 11) is 0. The van der Waals surface area contributed by atoms with Gasteiger partial charge < -0.3 is 31.7 Å². The van der Waals surface area contributed by atoms with Gasteiger partial charge in [0.2, 0.25) is 5.91 Å². The predicted octanol–water partition coefficient (Wildman–Crippen LogP) is 2.49. The van der Waals surface area contributed by atoms with E-state index in [0.717, 1.165) is 0 Å². The molecule has 2 atom stereocenters. The molecular formula is C28H26Cl2FN7O5. The van der Waals surface area contributed by atoms with Crippen LogP contribution in [0, 0.1) is 0 Å². The maximum atomic E-state index is 13.2. The van der Waals surface area contributed by atoms with Crippen molar-refractivity contribution in [2.24, 2.45) is 4.99 Å². The zero-order chi connectivity index (χ0) is 30.9. The first kappa shape index (κ1) is 31.2. The number of aromatic nitrogens is 1. The van der Waals surface area contributed by atoms with Crippen molar-refractivity contribution in [2.45, 2.75) is 12.2 Å². The van der Waals surface area contributed by atoms with Crippen LogP contribution in [-0.4, -0.2) is 78.1 Å². The van der Waals surface area contributed by atoms with E-state index in [1.807, 2.05) is 0 Å². The van der Waals surface area contributed by atoms with Gasteiger partial charge in [0.1, 0.15) is 12.2 Å². The molecule has 0 saturated heterocycles. The Morgan fingerprint density at radius 3 is 2.44 bits per heavy atom. The third-order valence-corrected chi connectivity index (χ3v) is 6.70. The minimum absolute atomic E-state index is 0.00426. The lowest BCUT2D eigenvalue weighted by Crippen LogP contribution is -2.50. The molecule has 3 aromatic rings. The molecular weight excluding hydrogens is 604 g/mol. The second kappa shape index (κ2) is 14.4. The SMILES string of the molecule is O=C(CNC(=O)c1cccc(NC2=NCC(F)CN2)c1)NCC(NC(=O)c1c(Cl)cc(-c2cccnc2)cc1Cl)C(=O)O. The van der Waals surface area contributed by atoms with Gasteiger partial charge in [-0.15, -0.1) is 0 Å². The maximum Gasteiger partial charge on any atom is 0.328 e. The second-order valence-corrected chi connectivity index (χ2v) is 10.1. The van der Waals surface area contributed by atoms with Crippen LogP contribution in [0.1, 0.15) is 20.7 Å². The number of pyridine rings is 1. The second-order valence-electron chi connectivity index (χ2n) is 9.28. The van der Waals surface area contributed by atoms with Gasteiger partial charge in [0.25, 0.3) is 11.8 Å². The molecule has 2 unspecified atom stereocenters. The number of aliphatic imine (C=N–C) groups is 1. The van der Waals surface area contributed by atoms with E-state index in [4.69, 9.17) is 23.2 Å². The van der Waals surface area contributed by atoms with Crippen molar-refractivity contribution in [3.05, 3.63) is 82.1 Å². The molecule has 1 aliphatic heterocycles. The summed E-state index contributed by atoms with van der Waals surface area (Å²) >= 11 is 12.6. The highest BCUT2D eigenvalue weighted by Crippen LogP contribution is 2.31. The fraction of sp³-hybridized carbons (Fsp3) is 0.214. The Morgan fingerprint density at radius 1 is 1.02 bits per heavy atom. The van der Waals surface area contributed by atoms with Crippen LogP contribution in [0.15, 0.2) is 65.9 Å². The molecule has 0 spiro atoms. The van der Waals surface area contributed by atoms with Gasteiger partial charge in [-0.2, -0.15) is 0 Å². The lowest BCUT2D eigenvalue weighted by molar-refractivity contribution is -0.139. The third-order valence-electron chi connectivity index (χ3n) is 6.11. The van der Waals surface area contributed by atoms with E-state index in [1.54, 1.807) is 36.7 Å². The number of halogens is 3. The number of guanidine groups is 1. The van der Waals surface area contributed by atoms with Gasteiger partial charge in [-0.1, -0.05) is 35.3 Å². The third kappa shape index (κ3) is 8.63. The smallest absolute Gasteiger partial charge is 0.328 e. The van der Waals surface area contributed by atoms with E-state index >= 15 is 0 Å². The molecule has 0 radical (unpaired) electrons. The molecule has 15 heteroatoms. The number of anilines is 1. The number of rotatable bonds is 10. The Kier molecular flexibility index (Phi) is 10.5. The maximum absolute atomic E-state index is 13.2. The van der Waals surface area contributed by atoms with Gasteiger partial charge in [-0.3, -0.25) is 19.4 Å². The Morgan fingerprint density at radius 2 is 1.79 bits per heavy atom. The highest BCUT2D eigenvalue weighted by atomic mass is 35.5. The van der Waals surface area contributed by atoms with Crippen molar-refractivity contribution in [3.63, 3.8) is 0 Å². The molecule has 2 heterocycles. The van der Waals surface area contributed by atoms with Crippen molar-refractivity contribution in [1.29, 1.82) is 0 Å². The molecule has 0 bridgehead atoms. The topological polar surface area (TPSA) is 174 Å². The molecule has 0 fully saturated rings. The van der Waals surface area contributed by atoms with Crippen LogP contribution in [0.5, 0.6) is 0 Å². The molecule has 3 amide bonds. The summed E-state index contributed by atoms with van der Waals surface area (Å²) in [5.41, 5.74) is 1.95. The number of carboxylic acids is 1. The van der Waals surface area contributed by atoms with Gasteiger partial charge in [0, 0.05) is 35.8 Å². The standard InChI is InChI=1S/C28H26Cl2FN7O5/c29-20-8-17(16-4-2-6-32-10-16)9-21(30)24(20)26(41)38-22(27(42)43)13-33-23(39)14-34-25(40)15-3-1-5-19(7-15)37-28-35-11-18(31)12-36-28/h1-10,18,22H,11-14H2,(H,33,39)(H,34,40)(H,38,41)(H,42,43)(H2,35,36,37). The lowest BCUT2D eigenvalue weighted by atomic mass is 10.0. The fourth-order valence-corrected chi connectivity index (χ4v) is 4.60. The van der Waals surface area contributed by atoms with Gasteiger partial charge in [0.05, 0.1) is 35.2 Å². The predicted molar refractivity (Wildman–Crippen MR) is 159 cm³/mol. The molecule has 2 aromatic carbocycles. The monoisotopic (exact) mass is 629 g/mol. The Hall–Kier alpha value is -4.75. The molecule has 1 aromatic heterocycles. The zero-order valence-corrected chi connectivity index (χ0v) is 23.9. The lowest BCUT2D eigenvalue weighted by Gasteiger charge is -2.19. The molecule has 224 valence electrons. The Labute approximate surface area is 255 Å². The van der Waals surface area contributed by atoms with Crippen LogP contribution in [0.25, 0.3) is 11.1 Å². The summed E-state index contributed by atoms with van der Waals surface area (Å²) in [6, 6.07) is 11.3. The average Bonchev–Trinajstić information content (AvgIpc) is 2.99. The fourth-order valence-electron chi connectivity index (χ4n) is 3.94. The van der Waals surface area contributed by atoms with Crippen molar-refractivity contribution in [1.82, 2.24) is 26.3 Å². The summed E-state index contributed by atoms with van der Waals surface area (Å²) in [5.74, 6) is -3.16. The van der Waals surface area contributed by atoms with Gasteiger partial charge in [-0.25, -0.2) is 14.2 Å². The van der Waals surface area contributed by atoms with Crippen molar-refractivity contribution >= 4 is 58.5 Å². The molecule has 43 heavy (non-hydrogen) atoms. The van der Waals surface area contributed by atoms with E-state index in [1.165, 1.54) is 24.3 Å². The molecule has 6 N–H and O–H groups in total. The summed E-state index contributed by atoms with van der Waals surface area (Å²) in [6.07, 6.45) is 2.13. The van der Waals surface area contributed by atoms with E-state index in [9.17, 15) is 28.7 Å². The largest absolute Gasteiger partial charge is 0.480 e. The molecule has 4 rings (SSSR count). The summed E-state index contributed by atoms with van der Waals surface area (Å²) < 4.78 is 13.2. The van der Waals surface area contributed by atoms with Crippen molar-refractivity contribution in [3.8, 4) is 11.1 Å². The number of nitrogens with zero attached hydrogens (tertiary/aromatic N) is 2. The number of carbonyl (C=O) groups is 4. The van der Waals surface area contributed by atoms with E-state index in [2.05, 4.69) is 36.6 Å². The van der Waals surface area contributed by atoms with Gasteiger partial charge >= 0.3 is 5.97 Å². The molecule has 1 aliphatic rings. The van der Waals surface area contributed by atoms with Crippen LogP contribution in [-0.2, 0) is 9.59 Å². The minimum atomic E-state index is -1.52. The summed E-state index contributed by atoms with van der Waals surface area (Å²) in [4.78, 5) is 57.6. The zero-order valence-electron chi connectivity index (χ0n) is 22.4. The van der Waals surface area contributed by atoms with Crippen LogP contribution < -0.4 is 26.6 Å². The van der Waals surface area contributed by atoms with E-state index in [0.29, 0.717) is 22.8 Å². The Bertz CT molecular complexity index is 1530. The number of benzene rings is 2. The van der Waals surface area contributed by atoms with E-state index in [-0.39, 0.29) is 34.3 Å². The number of carboxylic acid groups (broad SMARTS) is 1. The molecule has 12 nitrogen and oxygen atoms in total. The number of aliphatic carboxylic acids is 1. The van der Waals surface area contributed by atoms with Gasteiger partial charge in [0.15, 0.2) is 5.96 Å². The van der Waals surface area contributed by atoms with E-state index < -0.39 is 49.0 Å². The number of hydrogen-bond donors (Lipinski definition) is 6. The molecule has 0 aliphatic carbocycles. The highest BCUT2D eigenvalue weighted by molar-refractivity contribution is 6.40. The first-order chi connectivity index (χ1) is 20.6. The first-order valence-corrected chi connectivity index (χ1v) is 13.6. The van der Waals surface area contributed by atoms with Gasteiger partial charge in [-0.05, 0) is 42.0 Å². The summed E-state index contributed by atoms with van der Waals surface area (Å²) in [5, 5.41) is 22.4.